The Kier molecular flexibility index (Phi) is 4.22. The number of H-pyrrole nitrogens is 1. The number of amides is 1. The number of fused-ring (bicyclic) bond motifs is 2. The van der Waals surface area contributed by atoms with E-state index in [9.17, 15) is 4.79 Å². The van der Waals surface area contributed by atoms with Gasteiger partial charge in [-0.1, -0.05) is 18.2 Å². The van der Waals surface area contributed by atoms with Crippen LogP contribution in [0.4, 0.5) is 0 Å². The Morgan fingerprint density at radius 3 is 2.78 bits per heavy atom. The predicted molar refractivity (Wildman–Crippen MR) is 109 cm³/mol. The summed E-state index contributed by atoms with van der Waals surface area (Å²) in [6.07, 6.45) is 0. The summed E-state index contributed by atoms with van der Waals surface area (Å²) in [6, 6.07) is 14.0. The molecule has 0 saturated carbocycles. The van der Waals surface area contributed by atoms with Gasteiger partial charge in [-0.15, -0.1) is 0 Å². The lowest BCUT2D eigenvalue weighted by molar-refractivity contribution is 0.0933. The minimum atomic E-state index is -0.195. The summed E-state index contributed by atoms with van der Waals surface area (Å²) in [7, 11) is 0. The van der Waals surface area contributed by atoms with Crippen LogP contribution >= 0.6 is 0 Å². The first kappa shape index (κ1) is 17.3. The fourth-order valence-electron chi connectivity index (χ4n) is 3.82. The van der Waals surface area contributed by atoms with E-state index >= 15 is 0 Å². The molecule has 5 heteroatoms. The van der Waals surface area contributed by atoms with Crippen LogP contribution in [0.5, 0.6) is 0 Å². The number of aromatic amines is 1. The summed E-state index contributed by atoms with van der Waals surface area (Å²) < 4.78 is 2.15. The summed E-state index contributed by atoms with van der Waals surface area (Å²) in [5.74, 6) is 0.751. The second kappa shape index (κ2) is 6.58. The van der Waals surface area contributed by atoms with Gasteiger partial charge in [-0.3, -0.25) is 4.79 Å². The van der Waals surface area contributed by atoms with Crippen LogP contribution in [0.25, 0.3) is 21.9 Å². The van der Waals surface area contributed by atoms with Gasteiger partial charge in [0, 0.05) is 17.4 Å². The van der Waals surface area contributed by atoms with Crippen LogP contribution < -0.4 is 5.32 Å². The van der Waals surface area contributed by atoms with Crippen molar-refractivity contribution in [3.05, 3.63) is 65.1 Å². The Morgan fingerprint density at radius 2 is 2.00 bits per heavy atom. The van der Waals surface area contributed by atoms with E-state index in [-0.39, 0.29) is 11.9 Å². The fourth-order valence-corrected chi connectivity index (χ4v) is 3.82. The van der Waals surface area contributed by atoms with Crippen molar-refractivity contribution in [1.29, 1.82) is 0 Å². The van der Waals surface area contributed by atoms with Crippen LogP contribution in [0.2, 0.25) is 0 Å². The summed E-state index contributed by atoms with van der Waals surface area (Å²) in [5, 5.41) is 4.17. The molecule has 1 atom stereocenters. The zero-order valence-electron chi connectivity index (χ0n) is 16.1. The molecule has 2 N–H and O–H groups in total. The van der Waals surface area contributed by atoms with E-state index in [0.717, 1.165) is 34.3 Å². The third-order valence-corrected chi connectivity index (χ3v) is 5.07. The summed E-state index contributed by atoms with van der Waals surface area (Å²) in [5.41, 5.74) is 5.95. The van der Waals surface area contributed by atoms with Gasteiger partial charge >= 0.3 is 0 Å². The molecule has 1 amide bonds. The first-order chi connectivity index (χ1) is 13.0. The van der Waals surface area contributed by atoms with Gasteiger partial charge in [-0.2, -0.15) is 0 Å². The molecule has 2 heterocycles. The van der Waals surface area contributed by atoms with Gasteiger partial charge in [0.2, 0.25) is 0 Å². The van der Waals surface area contributed by atoms with E-state index in [0.29, 0.717) is 5.69 Å². The van der Waals surface area contributed by atoms with E-state index in [4.69, 9.17) is 4.98 Å². The fraction of sp³-hybridized carbons (Fsp3) is 0.273. The van der Waals surface area contributed by atoms with Crippen molar-refractivity contribution >= 4 is 27.8 Å². The average molecular weight is 360 g/mol. The van der Waals surface area contributed by atoms with E-state index in [2.05, 4.69) is 53.8 Å². The number of imidazole rings is 1. The van der Waals surface area contributed by atoms with E-state index < -0.39 is 0 Å². The van der Waals surface area contributed by atoms with E-state index in [1.807, 2.05) is 31.2 Å². The van der Waals surface area contributed by atoms with Crippen LogP contribution in [-0.4, -0.2) is 20.4 Å². The van der Waals surface area contributed by atoms with Crippen LogP contribution in [0.15, 0.2) is 42.5 Å². The van der Waals surface area contributed by atoms with Crippen molar-refractivity contribution in [3.8, 4) is 0 Å². The van der Waals surface area contributed by atoms with Crippen LogP contribution in [0.1, 0.15) is 47.3 Å². The number of nitrogens with one attached hydrogen (secondary N) is 2. The summed E-state index contributed by atoms with van der Waals surface area (Å²) in [4.78, 5) is 20.8. The van der Waals surface area contributed by atoms with Crippen LogP contribution in [-0.2, 0) is 6.54 Å². The molecule has 0 aliphatic carbocycles. The predicted octanol–water partition coefficient (Wildman–Crippen LogP) is 4.65. The minimum absolute atomic E-state index is 0.120. The van der Waals surface area contributed by atoms with Gasteiger partial charge < -0.3 is 14.9 Å². The number of hydrogen-bond donors (Lipinski definition) is 2. The molecule has 0 bridgehead atoms. The smallest absolute Gasteiger partial charge is 0.268 e. The van der Waals surface area contributed by atoms with Crippen molar-refractivity contribution < 1.29 is 4.79 Å². The zero-order chi connectivity index (χ0) is 19.1. The number of aryl methyl sites for hydroxylation is 3. The number of aromatic nitrogens is 3. The van der Waals surface area contributed by atoms with Crippen molar-refractivity contribution in [2.75, 3.05) is 0 Å². The molecule has 1 unspecified atom stereocenters. The monoisotopic (exact) mass is 360 g/mol. The molecular weight excluding hydrogens is 336 g/mol. The second-order valence-corrected chi connectivity index (χ2v) is 7.12. The maximum atomic E-state index is 12.8. The van der Waals surface area contributed by atoms with Gasteiger partial charge in [0.05, 0.1) is 17.1 Å². The molecule has 0 aliphatic heterocycles. The standard InChI is InChI=1S/C22H24N4O/c1-5-26-20-9-7-6-8-17(20)25-21(26)15(4)23-22(27)19-12-16-14(3)10-13(2)11-18(16)24-19/h6-12,15,24H,5H2,1-4H3,(H,23,27). The third-order valence-electron chi connectivity index (χ3n) is 5.07. The lowest BCUT2D eigenvalue weighted by Crippen LogP contribution is -2.28. The Labute approximate surface area is 158 Å². The van der Waals surface area contributed by atoms with Gasteiger partial charge in [-0.25, -0.2) is 4.98 Å². The Bertz CT molecular complexity index is 1150. The third kappa shape index (κ3) is 2.99. The molecule has 2 aromatic heterocycles. The van der Waals surface area contributed by atoms with Crippen molar-refractivity contribution in [2.45, 2.75) is 40.3 Å². The molecule has 0 spiro atoms. The molecule has 0 aliphatic rings. The van der Waals surface area contributed by atoms with E-state index in [1.165, 1.54) is 11.1 Å². The quantitative estimate of drug-likeness (QED) is 0.557. The lowest BCUT2D eigenvalue weighted by atomic mass is 10.1. The largest absolute Gasteiger partial charge is 0.351 e. The molecule has 0 radical (unpaired) electrons. The Morgan fingerprint density at radius 1 is 1.22 bits per heavy atom. The van der Waals surface area contributed by atoms with Crippen LogP contribution in [0.3, 0.4) is 0 Å². The minimum Gasteiger partial charge on any atom is -0.351 e. The molecule has 2 aromatic carbocycles. The molecular formula is C22H24N4O. The number of carbonyl (C=O) groups excluding carboxylic acids is 1. The molecule has 4 aromatic rings. The number of rotatable bonds is 4. The van der Waals surface area contributed by atoms with E-state index in [1.54, 1.807) is 0 Å². The van der Waals surface area contributed by atoms with Crippen molar-refractivity contribution in [1.82, 2.24) is 19.9 Å². The van der Waals surface area contributed by atoms with Gasteiger partial charge in [0.15, 0.2) is 0 Å². The maximum Gasteiger partial charge on any atom is 0.268 e. The number of benzene rings is 2. The number of para-hydroxylation sites is 2. The highest BCUT2D eigenvalue weighted by Crippen LogP contribution is 2.23. The molecule has 4 rings (SSSR count). The summed E-state index contributed by atoms with van der Waals surface area (Å²) >= 11 is 0. The van der Waals surface area contributed by atoms with Crippen molar-refractivity contribution in [3.63, 3.8) is 0 Å². The van der Waals surface area contributed by atoms with Gasteiger partial charge in [-0.05, 0) is 63.1 Å². The topological polar surface area (TPSA) is 62.7 Å². The second-order valence-electron chi connectivity index (χ2n) is 7.12. The summed E-state index contributed by atoms with van der Waals surface area (Å²) in [6.45, 7) is 9.00. The highest BCUT2D eigenvalue weighted by atomic mass is 16.1. The Balaban J connectivity index is 1.64. The SMILES string of the molecule is CCn1c(C(C)NC(=O)c2cc3c(C)cc(C)cc3[nH]2)nc2ccccc21. The van der Waals surface area contributed by atoms with Gasteiger partial charge in [0.1, 0.15) is 11.5 Å². The molecule has 0 fully saturated rings. The lowest BCUT2D eigenvalue weighted by Gasteiger charge is -2.14. The Hall–Kier alpha value is -3.08. The van der Waals surface area contributed by atoms with Crippen LogP contribution in [0, 0.1) is 13.8 Å². The number of nitrogens with zero attached hydrogens (tertiary/aromatic N) is 2. The first-order valence-electron chi connectivity index (χ1n) is 9.34. The normalized spacial score (nSPS) is 12.6. The molecule has 5 nitrogen and oxygen atoms in total. The molecule has 27 heavy (non-hydrogen) atoms. The molecule has 0 saturated heterocycles. The maximum absolute atomic E-state index is 12.8. The number of carbonyl (C=O) groups is 1. The highest BCUT2D eigenvalue weighted by Gasteiger charge is 2.19. The highest BCUT2D eigenvalue weighted by molar-refractivity contribution is 5.99. The first-order valence-corrected chi connectivity index (χ1v) is 9.34. The molecule has 138 valence electrons. The van der Waals surface area contributed by atoms with Gasteiger partial charge in [0.25, 0.3) is 5.91 Å². The van der Waals surface area contributed by atoms with Crippen molar-refractivity contribution in [2.24, 2.45) is 0 Å². The number of hydrogen-bond acceptors (Lipinski definition) is 2. The zero-order valence-corrected chi connectivity index (χ0v) is 16.1. The average Bonchev–Trinajstić information content (AvgIpc) is 3.22.